The monoisotopic (exact) mass is 375 g/mol. The van der Waals surface area contributed by atoms with Crippen molar-refractivity contribution in [1.29, 1.82) is 0 Å². The van der Waals surface area contributed by atoms with Gasteiger partial charge in [0.1, 0.15) is 6.10 Å². The fourth-order valence-corrected chi connectivity index (χ4v) is 2.15. The normalized spacial score (nSPS) is 17.2. The van der Waals surface area contributed by atoms with E-state index in [1.807, 2.05) is 24.3 Å². The van der Waals surface area contributed by atoms with Crippen LogP contribution in [0.2, 0.25) is 0 Å². The third-order valence-electron chi connectivity index (χ3n) is 3.19. The van der Waals surface area contributed by atoms with E-state index in [9.17, 15) is 9.59 Å². The van der Waals surface area contributed by atoms with Gasteiger partial charge < -0.3 is 10.1 Å². The van der Waals surface area contributed by atoms with Crippen molar-refractivity contribution in [1.82, 2.24) is 5.32 Å². The Balaban J connectivity index is 0.00000242. The van der Waals surface area contributed by atoms with E-state index in [0.717, 1.165) is 16.8 Å². The van der Waals surface area contributed by atoms with Crippen molar-refractivity contribution < 1.29 is 47.0 Å². The van der Waals surface area contributed by atoms with E-state index in [0.29, 0.717) is 13.1 Å². The number of hydrogen-bond acceptors (Lipinski definition) is 3. The number of rotatable bonds is 4. The summed E-state index contributed by atoms with van der Waals surface area (Å²) in [5.41, 5.74) is 2.50. The summed E-state index contributed by atoms with van der Waals surface area (Å²) in [4.78, 5) is 24.3. The summed E-state index contributed by atoms with van der Waals surface area (Å²) in [5.74, 6) is -0.145. The predicted molar refractivity (Wildman–Crippen MR) is 81.6 cm³/mol. The van der Waals surface area contributed by atoms with Gasteiger partial charge in [0.15, 0.2) is 0 Å². The maximum atomic E-state index is 11.9. The summed E-state index contributed by atoms with van der Waals surface area (Å²) in [5, 5.41) is 2.65. The van der Waals surface area contributed by atoms with Gasteiger partial charge in [-0.2, -0.15) is 6.92 Å². The zero-order chi connectivity index (χ0) is 15.4. The van der Waals surface area contributed by atoms with Gasteiger partial charge in [-0.05, 0) is 5.69 Å². The van der Waals surface area contributed by atoms with Gasteiger partial charge in [0, 0.05) is 39.6 Å². The van der Waals surface area contributed by atoms with Crippen molar-refractivity contribution in [2.24, 2.45) is 0 Å². The van der Waals surface area contributed by atoms with Crippen molar-refractivity contribution in [3.63, 3.8) is 0 Å². The number of carbonyl (C=O) groups is 2. The summed E-state index contributed by atoms with van der Waals surface area (Å²) in [6.45, 7) is 9.76. The van der Waals surface area contributed by atoms with E-state index >= 15 is 0 Å². The third-order valence-corrected chi connectivity index (χ3v) is 3.19. The molecule has 1 fully saturated rings. The van der Waals surface area contributed by atoms with Gasteiger partial charge in [-0.15, -0.1) is 12.1 Å². The van der Waals surface area contributed by atoms with Crippen LogP contribution in [0.1, 0.15) is 18.1 Å². The van der Waals surface area contributed by atoms with Crippen LogP contribution in [-0.4, -0.2) is 31.2 Å². The Kier molecular flexibility index (Phi) is 6.97. The number of anilines is 1. The zero-order valence-corrected chi connectivity index (χ0v) is 15.4. The van der Waals surface area contributed by atoms with E-state index in [4.69, 9.17) is 4.74 Å². The number of benzene rings is 1. The molecule has 0 unspecified atom stereocenters. The minimum absolute atomic E-state index is 0. The van der Waals surface area contributed by atoms with Crippen molar-refractivity contribution in [3.05, 3.63) is 49.2 Å². The van der Waals surface area contributed by atoms with Gasteiger partial charge in [0.25, 0.3) is 0 Å². The summed E-state index contributed by atoms with van der Waals surface area (Å²) < 4.78 is 5.22. The molecule has 0 aromatic heterocycles. The third kappa shape index (κ3) is 4.52. The fraction of sp³-hybridized carbons (Fsp3) is 0.250. The predicted octanol–water partition coefficient (Wildman–Crippen LogP) is 2.17. The maximum absolute atomic E-state index is 11.9. The molecule has 1 saturated heterocycles. The van der Waals surface area contributed by atoms with Crippen LogP contribution in [0.4, 0.5) is 10.5 Å². The number of hydrogen-bond donors (Lipinski definition) is 1. The van der Waals surface area contributed by atoms with E-state index in [1.165, 1.54) is 6.92 Å². The number of carbonyl (C=O) groups excluding carboxylic acids is 2. The average Bonchev–Trinajstić information content (AvgIpc) is 2.80. The van der Waals surface area contributed by atoms with Crippen LogP contribution < -0.4 is 10.2 Å². The minimum atomic E-state index is -0.412. The molecule has 22 heavy (non-hydrogen) atoms. The largest absolute Gasteiger partial charge is 0.442 e. The molecule has 115 valence electrons. The molecule has 0 saturated carbocycles. The first-order chi connectivity index (χ1) is 10.0. The molecule has 1 radical (unpaired) electrons. The molecular weight excluding hydrogens is 357 g/mol. The summed E-state index contributed by atoms with van der Waals surface area (Å²) in [7, 11) is 0. The van der Waals surface area contributed by atoms with Gasteiger partial charge in [-0.1, -0.05) is 6.07 Å². The topological polar surface area (TPSA) is 58.6 Å². The molecule has 5 nitrogen and oxygen atoms in total. The number of nitrogens with one attached hydrogen (secondary N) is 1. The smallest absolute Gasteiger partial charge is 0.413 e. The van der Waals surface area contributed by atoms with Gasteiger partial charge in [-0.25, -0.2) is 28.9 Å². The van der Waals surface area contributed by atoms with Crippen LogP contribution in [0, 0.1) is 13.8 Å². The number of cyclic esters (lactones) is 1. The van der Waals surface area contributed by atoms with Crippen molar-refractivity contribution in [3.8, 4) is 0 Å². The number of amides is 2. The van der Waals surface area contributed by atoms with E-state index in [1.54, 1.807) is 11.0 Å². The van der Waals surface area contributed by atoms with Crippen LogP contribution in [0.25, 0.3) is 6.08 Å². The van der Waals surface area contributed by atoms with Crippen molar-refractivity contribution in [2.75, 3.05) is 18.0 Å². The Hall–Kier alpha value is -1.46. The van der Waals surface area contributed by atoms with Gasteiger partial charge in [-0.3, -0.25) is 15.8 Å². The Labute approximate surface area is 156 Å². The van der Waals surface area contributed by atoms with Crippen molar-refractivity contribution in [2.45, 2.75) is 13.0 Å². The van der Waals surface area contributed by atoms with Crippen LogP contribution in [0.5, 0.6) is 0 Å². The first kappa shape index (κ1) is 18.6. The molecule has 1 N–H and O–H groups in total. The van der Waals surface area contributed by atoms with E-state index < -0.39 is 6.09 Å². The van der Waals surface area contributed by atoms with Gasteiger partial charge in [0.2, 0.25) is 5.91 Å². The van der Waals surface area contributed by atoms with E-state index in [-0.39, 0.29) is 44.7 Å². The van der Waals surface area contributed by atoms with Crippen LogP contribution >= 0.6 is 0 Å². The second kappa shape index (κ2) is 8.25. The van der Waals surface area contributed by atoms with E-state index in [2.05, 4.69) is 19.2 Å². The summed E-state index contributed by atoms with van der Waals surface area (Å²) >= 11 is 0. The maximum Gasteiger partial charge on any atom is 0.413 e. The molecule has 0 aliphatic carbocycles. The average molecular weight is 375 g/mol. The molecule has 2 amide bonds. The zero-order valence-electron chi connectivity index (χ0n) is 12.5. The fourth-order valence-electron chi connectivity index (χ4n) is 2.15. The second-order valence-corrected chi connectivity index (χ2v) is 4.84. The molecular formula is C16H18N2O3Y-2. The molecule has 1 aliphatic rings. The first-order valence-corrected chi connectivity index (χ1v) is 6.65. The second-order valence-electron chi connectivity index (χ2n) is 4.84. The molecule has 1 aromatic rings. The number of allylic oxidation sites excluding steroid dienone is 1. The van der Waals surface area contributed by atoms with Gasteiger partial charge >= 0.3 is 6.09 Å². The van der Waals surface area contributed by atoms with Gasteiger partial charge in [0.05, 0.1) is 13.1 Å². The molecule has 1 heterocycles. The Morgan fingerprint density at radius 2 is 2.27 bits per heavy atom. The molecule has 2 rings (SSSR count). The molecule has 1 aromatic carbocycles. The number of ether oxygens (including phenoxy) is 1. The first-order valence-electron chi connectivity index (χ1n) is 6.65. The standard InChI is InChI=1S/C16H18N2O3.Y/c1-4-5-13-6-7-14(8-11(13)2)18-10-15(21-16(18)20)9-17-12(3)19;/h4-8,15H,1-2,9-10H2,3H3,(H,17,19);/q-2;/t15-;/m0./s1. The SMILES string of the molecule is [CH2-]C=Cc1ccc(N2C[C@H](CNC(C)=O)OC2=O)cc1[CH2-].[Y]. The van der Waals surface area contributed by atoms with Crippen LogP contribution in [0.15, 0.2) is 24.3 Å². The molecule has 1 aliphatic heterocycles. The number of nitrogens with zero attached hydrogens (tertiary/aromatic N) is 1. The quantitative estimate of drug-likeness (QED) is 0.821. The Bertz CT molecular complexity index is 587. The molecule has 0 spiro atoms. The molecule has 1 atom stereocenters. The summed E-state index contributed by atoms with van der Waals surface area (Å²) in [6.07, 6.45) is 2.80. The molecule has 0 bridgehead atoms. The molecule has 6 heteroatoms. The van der Waals surface area contributed by atoms with Crippen LogP contribution in [-0.2, 0) is 42.2 Å². The Morgan fingerprint density at radius 1 is 1.55 bits per heavy atom. The minimum Gasteiger partial charge on any atom is -0.442 e. The Morgan fingerprint density at radius 3 is 2.86 bits per heavy atom. The summed E-state index contributed by atoms with van der Waals surface area (Å²) in [6, 6.07) is 5.55. The van der Waals surface area contributed by atoms with Crippen molar-refractivity contribution >= 4 is 23.8 Å². The van der Waals surface area contributed by atoms with Crippen LogP contribution in [0.3, 0.4) is 0 Å².